The Morgan fingerprint density at radius 2 is 0.982 bits per heavy atom. The van der Waals surface area contributed by atoms with Gasteiger partial charge in [0.2, 0.25) is 11.6 Å². The highest BCUT2D eigenvalue weighted by molar-refractivity contribution is 7.32. The molecule has 0 saturated carbocycles. The Morgan fingerprint density at radius 3 is 1.54 bits per heavy atom. The third kappa shape index (κ3) is 10.5. The molecule has 6 rings (SSSR count). The second-order valence-corrected chi connectivity index (χ2v) is 26.0. The number of rotatable bonds is 25. The van der Waals surface area contributed by atoms with Crippen molar-refractivity contribution in [3.8, 4) is 40.9 Å². The topological polar surface area (TPSA) is 51.6 Å². The smallest absolute Gasteiger partial charge is 0.140 e. The van der Waals surface area contributed by atoms with E-state index in [1.54, 1.807) is 31.5 Å². The molecular weight excluding hydrogens is 789 g/mol. The molecule has 9 heteroatoms. The van der Waals surface area contributed by atoms with Crippen LogP contribution in [-0.2, 0) is 12.8 Å². The molecule has 5 aromatic rings. The molecule has 0 saturated heterocycles. The van der Waals surface area contributed by atoms with Crippen molar-refractivity contribution in [1.82, 2.24) is 20.4 Å². The highest BCUT2D eigenvalue weighted by Gasteiger charge is 2.47. The fourth-order valence-electron chi connectivity index (χ4n) is 9.25. The van der Waals surface area contributed by atoms with E-state index in [0.29, 0.717) is 17.6 Å². The third-order valence-corrected chi connectivity index (χ3v) is 23.2. The predicted octanol–water partition coefficient (Wildman–Crippen LogP) is 15.4. The van der Waals surface area contributed by atoms with E-state index in [0.717, 1.165) is 28.5 Å². The summed E-state index contributed by atoms with van der Waals surface area (Å²) in [5, 5.41) is 22.6. The second kappa shape index (κ2) is 21.5. The molecule has 5 aromatic heterocycles. The first-order valence-electron chi connectivity index (χ1n) is 22.8. The first-order chi connectivity index (χ1) is 27.8. The van der Waals surface area contributed by atoms with Crippen molar-refractivity contribution in [2.24, 2.45) is 11.8 Å². The van der Waals surface area contributed by atoms with Crippen molar-refractivity contribution in [2.75, 3.05) is 0 Å². The van der Waals surface area contributed by atoms with Gasteiger partial charge in [-0.05, 0) is 96.4 Å². The molecule has 0 aliphatic carbocycles. The highest BCUT2D eigenvalue weighted by atomic mass is 32.1. The van der Waals surface area contributed by atoms with E-state index in [4.69, 9.17) is 20.4 Å². The molecule has 0 spiro atoms. The monoisotopic (exact) mass is 858 g/mol. The van der Waals surface area contributed by atoms with Crippen LogP contribution in [-0.4, -0.2) is 28.5 Å². The fourth-order valence-corrected chi connectivity index (χ4v) is 20.8. The zero-order valence-corrected chi connectivity index (χ0v) is 40.8. The molecule has 0 radical (unpaired) electrons. The van der Waals surface area contributed by atoms with Crippen LogP contribution in [0.3, 0.4) is 0 Å². The minimum atomic E-state index is -1.87. The van der Waals surface area contributed by atoms with Gasteiger partial charge in [0.15, 0.2) is 0 Å². The lowest BCUT2D eigenvalue weighted by Crippen LogP contribution is -2.54. The van der Waals surface area contributed by atoms with Crippen LogP contribution in [0.1, 0.15) is 165 Å². The molecule has 1 aliphatic heterocycles. The second-order valence-electron chi connectivity index (χ2n) is 17.1. The Labute approximate surface area is 362 Å². The molecule has 0 bridgehead atoms. The molecule has 2 unspecified atom stereocenters. The summed E-state index contributed by atoms with van der Waals surface area (Å²) in [6.45, 7) is 18.6. The van der Waals surface area contributed by atoms with E-state index in [1.165, 1.54) is 145 Å². The number of aryl methyl sites for hydroxylation is 2. The molecule has 1 aliphatic rings. The normalized spacial score (nSPS) is 14.3. The molecule has 4 nitrogen and oxygen atoms in total. The van der Waals surface area contributed by atoms with Crippen LogP contribution >= 0.6 is 45.3 Å². The number of hydrogen-bond donors (Lipinski definition) is 0. The van der Waals surface area contributed by atoms with E-state index in [-0.39, 0.29) is 0 Å². The zero-order valence-electron chi connectivity index (χ0n) is 36.5. The zero-order chi connectivity index (χ0) is 40.4. The van der Waals surface area contributed by atoms with E-state index in [1.807, 2.05) is 11.3 Å². The minimum Gasteiger partial charge on any atom is -0.140 e. The average Bonchev–Trinajstić information content (AvgIpc) is 4.05. The Bertz CT molecular complexity index is 1970. The van der Waals surface area contributed by atoms with Crippen LogP contribution in [0.2, 0.25) is 12.1 Å². The lowest BCUT2D eigenvalue weighted by atomic mass is 9.92. The van der Waals surface area contributed by atoms with Crippen molar-refractivity contribution in [1.29, 1.82) is 0 Å². The van der Waals surface area contributed by atoms with Crippen molar-refractivity contribution >= 4 is 63.8 Å². The summed E-state index contributed by atoms with van der Waals surface area (Å²) < 4.78 is 0. The summed E-state index contributed by atoms with van der Waals surface area (Å²) in [7, 11) is -1.87. The van der Waals surface area contributed by atoms with Crippen LogP contribution in [0.4, 0.5) is 0 Å². The van der Waals surface area contributed by atoms with E-state index in [9.17, 15) is 0 Å². The largest absolute Gasteiger partial charge is 0.213 e. The van der Waals surface area contributed by atoms with Gasteiger partial charge in [0.25, 0.3) is 0 Å². The summed E-state index contributed by atoms with van der Waals surface area (Å²) in [4.78, 5) is 11.2. The van der Waals surface area contributed by atoms with Crippen molar-refractivity contribution in [3.63, 3.8) is 0 Å². The van der Waals surface area contributed by atoms with Gasteiger partial charge in [0, 0.05) is 29.3 Å². The number of hydrogen-bond acceptors (Lipinski definition) is 8. The maximum atomic E-state index is 4.79. The highest BCUT2D eigenvalue weighted by Crippen LogP contribution is 2.48. The summed E-state index contributed by atoms with van der Waals surface area (Å²) in [6, 6.07) is 12.9. The molecule has 0 fully saturated rings. The van der Waals surface area contributed by atoms with Crippen LogP contribution in [0, 0.1) is 25.7 Å². The Morgan fingerprint density at radius 1 is 0.491 bits per heavy atom. The molecule has 2 atom stereocenters. The number of unbranched alkanes of at least 4 members (excludes halogenated alkanes) is 8. The number of thiophene rings is 4. The number of aromatic nitrogens is 4. The van der Waals surface area contributed by atoms with Gasteiger partial charge in [0.1, 0.15) is 8.07 Å². The standard InChI is InChI=1S/C48H70N4S4Si/c1-9-15-19-21-25-57(26-22-20-16-10-2)42-27-33(7)53-45(42)46-43(57)32-39(55-46)44-38(29-36(14-6)24-18-12-4)31-41(56-44)48-51-49-47(50-52-48)40-30-37(34(8)54-40)28-35(13-5)23-17-11-3/h27,30-32,35-36H,9-26,28-29H2,1-8H3. The van der Waals surface area contributed by atoms with E-state index in [2.05, 4.69) is 102 Å². The lowest BCUT2D eigenvalue weighted by Gasteiger charge is -2.29. The predicted molar refractivity (Wildman–Crippen MR) is 257 cm³/mol. The summed E-state index contributed by atoms with van der Waals surface area (Å²) in [6.07, 6.45) is 23.2. The van der Waals surface area contributed by atoms with Crippen molar-refractivity contribution in [2.45, 2.75) is 183 Å². The van der Waals surface area contributed by atoms with Gasteiger partial charge >= 0.3 is 0 Å². The Balaban J connectivity index is 1.35. The van der Waals surface area contributed by atoms with Crippen molar-refractivity contribution in [3.05, 3.63) is 45.1 Å². The van der Waals surface area contributed by atoms with E-state index < -0.39 is 8.07 Å². The Hall–Kier alpha value is -2.04. The van der Waals surface area contributed by atoms with Gasteiger partial charge < -0.3 is 0 Å². The summed E-state index contributed by atoms with van der Waals surface area (Å²) in [5.74, 6) is 2.73. The SMILES string of the molecule is CCCCCC[Si]1(CCCCCC)c2cc(C)sc2-c2sc(-c3sc(-c4nnc(-c5cc(CC(CC)CCCC)c(C)s5)nn4)cc3CC(CC)CCCC)cc21. The van der Waals surface area contributed by atoms with Crippen LogP contribution < -0.4 is 10.4 Å². The molecule has 310 valence electrons. The Kier molecular flexibility index (Phi) is 16.8. The molecule has 0 N–H and O–H groups in total. The van der Waals surface area contributed by atoms with Gasteiger partial charge in [0.05, 0.1) is 9.75 Å². The molecule has 6 heterocycles. The third-order valence-electron chi connectivity index (χ3n) is 12.8. The average molecular weight is 859 g/mol. The summed E-state index contributed by atoms with van der Waals surface area (Å²) in [5.41, 5.74) is 2.91. The van der Waals surface area contributed by atoms with Crippen LogP contribution in [0.15, 0.2) is 24.3 Å². The van der Waals surface area contributed by atoms with Gasteiger partial charge in [-0.2, -0.15) is 0 Å². The fraction of sp³-hybridized carbons (Fsp3) is 0.625. The van der Waals surface area contributed by atoms with E-state index >= 15 is 0 Å². The molecule has 57 heavy (non-hydrogen) atoms. The van der Waals surface area contributed by atoms with Crippen molar-refractivity contribution < 1.29 is 0 Å². The van der Waals surface area contributed by atoms with Gasteiger partial charge in [-0.1, -0.05) is 144 Å². The van der Waals surface area contributed by atoms with Gasteiger partial charge in [-0.25, -0.2) is 0 Å². The minimum absolute atomic E-state index is 0.651. The first kappa shape index (κ1) is 44.5. The summed E-state index contributed by atoms with van der Waals surface area (Å²) >= 11 is 7.84. The molecule has 0 amide bonds. The van der Waals surface area contributed by atoms with Crippen LogP contribution in [0.25, 0.3) is 40.9 Å². The quantitative estimate of drug-likeness (QED) is 0.0433. The maximum absolute atomic E-state index is 4.79. The van der Waals surface area contributed by atoms with Gasteiger partial charge in [-0.15, -0.1) is 65.7 Å². The van der Waals surface area contributed by atoms with Gasteiger partial charge in [-0.3, -0.25) is 0 Å². The number of fused-ring (bicyclic) bond motifs is 3. The molecular formula is C48H70N4S4Si. The molecule has 0 aromatic carbocycles. The lowest BCUT2D eigenvalue weighted by molar-refractivity contribution is 0.449. The maximum Gasteiger partial charge on any atom is 0.213 e. The number of nitrogens with zero attached hydrogens (tertiary/aromatic N) is 4. The van der Waals surface area contributed by atoms with Crippen LogP contribution in [0.5, 0.6) is 0 Å². The first-order valence-corrected chi connectivity index (χ1v) is 28.5.